The molecule has 1 fully saturated rings. The fraction of sp³-hybridized carbons (Fsp3) is 0.192. The highest BCUT2D eigenvalue weighted by Gasteiger charge is 2.54. The topological polar surface area (TPSA) is 69.7 Å². The van der Waals surface area contributed by atoms with E-state index in [9.17, 15) is 14.4 Å². The summed E-state index contributed by atoms with van der Waals surface area (Å²) in [5, 5.41) is 2.89. The lowest BCUT2D eigenvalue weighted by Gasteiger charge is -2.30. The predicted octanol–water partition coefficient (Wildman–Crippen LogP) is 3.07. The number of urea groups is 1. The number of carbonyl (C=O) groups excluding carboxylic acids is 3. The second-order valence-electron chi connectivity index (χ2n) is 8.14. The maximum absolute atomic E-state index is 13.7. The van der Waals surface area contributed by atoms with Crippen molar-refractivity contribution in [1.29, 1.82) is 0 Å². The first-order valence-electron chi connectivity index (χ1n) is 10.7. The van der Waals surface area contributed by atoms with Crippen LogP contribution in [0.2, 0.25) is 0 Å². The fourth-order valence-electron chi connectivity index (χ4n) is 4.60. The number of nitrogens with one attached hydrogen (secondary N) is 1. The van der Waals surface area contributed by atoms with Crippen LogP contribution in [0.15, 0.2) is 84.9 Å². The Balaban J connectivity index is 1.43. The fourth-order valence-corrected chi connectivity index (χ4v) is 4.60. The van der Waals surface area contributed by atoms with Gasteiger partial charge in [-0.2, -0.15) is 0 Å². The SMILES string of the molecule is O=C(CN1C(=O)NC(c2ccccc2)(c2ccccc2)C1=O)N1CCc2ccccc2C1. The van der Waals surface area contributed by atoms with Gasteiger partial charge in [0.15, 0.2) is 5.54 Å². The summed E-state index contributed by atoms with van der Waals surface area (Å²) in [5.41, 5.74) is 2.30. The first-order chi connectivity index (χ1) is 15.6. The molecule has 6 heteroatoms. The van der Waals surface area contributed by atoms with Crippen molar-refractivity contribution in [1.82, 2.24) is 15.1 Å². The molecule has 0 atom stereocenters. The number of benzene rings is 3. The molecule has 0 saturated carbocycles. The molecule has 1 saturated heterocycles. The Labute approximate surface area is 186 Å². The highest BCUT2D eigenvalue weighted by molar-refractivity contribution is 6.11. The predicted molar refractivity (Wildman–Crippen MR) is 119 cm³/mol. The molecule has 2 aliphatic heterocycles. The molecule has 6 nitrogen and oxygen atoms in total. The van der Waals surface area contributed by atoms with E-state index < -0.39 is 17.5 Å². The Bertz CT molecular complexity index is 1140. The van der Waals surface area contributed by atoms with E-state index in [1.807, 2.05) is 78.9 Å². The number of amides is 4. The highest BCUT2D eigenvalue weighted by atomic mass is 16.2. The molecule has 160 valence electrons. The van der Waals surface area contributed by atoms with Crippen LogP contribution in [0.25, 0.3) is 0 Å². The van der Waals surface area contributed by atoms with Gasteiger partial charge in [0.25, 0.3) is 5.91 Å². The van der Waals surface area contributed by atoms with Crippen molar-refractivity contribution in [2.75, 3.05) is 13.1 Å². The summed E-state index contributed by atoms with van der Waals surface area (Å²) in [7, 11) is 0. The average Bonchev–Trinajstić information content (AvgIpc) is 3.10. The zero-order chi connectivity index (χ0) is 22.1. The molecule has 0 radical (unpaired) electrons. The normalized spacial score (nSPS) is 17.1. The van der Waals surface area contributed by atoms with Gasteiger partial charge in [-0.25, -0.2) is 4.79 Å². The highest BCUT2D eigenvalue weighted by Crippen LogP contribution is 2.36. The minimum Gasteiger partial charge on any atom is -0.336 e. The Morgan fingerprint density at radius 1 is 0.812 bits per heavy atom. The number of hydrogen-bond acceptors (Lipinski definition) is 3. The zero-order valence-electron chi connectivity index (χ0n) is 17.5. The van der Waals surface area contributed by atoms with Crippen LogP contribution >= 0.6 is 0 Å². The molecular formula is C26H23N3O3. The van der Waals surface area contributed by atoms with Crippen molar-refractivity contribution in [3.8, 4) is 0 Å². The van der Waals surface area contributed by atoms with Gasteiger partial charge in [-0.05, 0) is 28.7 Å². The molecule has 0 bridgehead atoms. The maximum atomic E-state index is 13.7. The number of hydrogen-bond donors (Lipinski definition) is 1. The van der Waals surface area contributed by atoms with Crippen LogP contribution < -0.4 is 5.32 Å². The van der Waals surface area contributed by atoms with Crippen molar-refractivity contribution < 1.29 is 14.4 Å². The second-order valence-corrected chi connectivity index (χ2v) is 8.14. The van der Waals surface area contributed by atoms with Gasteiger partial charge in [0.05, 0.1) is 0 Å². The second kappa shape index (κ2) is 7.96. The lowest BCUT2D eigenvalue weighted by molar-refractivity contribution is -0.139. The van der Waals surface area contributed by atoms with Crippen LogP contribution in [-0.2, 0) is 28.1 Å². The summed E-state index contributed by atoms with van der Waals surface area (Å²) in [6, 6.07) is 25.8. The van der Waals surface area contributed by atoms with Gasteiger partial charge in [-0.1, -0.05) is 84.9 Å². The van der Waals surface area contributed by atoms with E-state index in [1.165, 1.54) is 5.56 Å². The summed E-state index contributed by atoms with van der Waals surface area (Å²) in [6.07, 6.45) is 0.764. The average molecular weight is 425 g/mol. The molecule has 3 aromatic rings. The van der Waals surface area contributed by atoms with E-state index >= 15 is 0 Å². The smallest absolute Gasteiger partial charge is 0.326 e. The minimum absolute atomic E-state index is 0.236. The van der Waals surface area contributed by atoms with Crippen LogP contribution in [0.1, 0.15) is 22.3 Å². The molecule has 32 heavy (non-hydrogen) atoms. The largest absolute Gasteiger partial charge is 0.336 e. The minimum atomic E-state index is -1.35. The van der Waals surface area contributed by atoms with Gasteiger partial charge in [0.1, 0.15) is 6.54 Å². The van der Waals surface area contributed by atoms with E-state index in [2.05, 4.69) is 11.4 Å². The molecule has 0 spiro atoms. The summed E-state index contributed by atoms with van der Waals surface area (Å²) in [5.74, 6) is -0.675. The lowest BCUT2D eigenvalue weighted by Crippen LogP contribution is -2.47. The third-order valence-electron chi connectivity index (χ3n) is 6.30. The summed E-state index contributed by atoms with van der Waals surface area (Å²) < 4.78 is 0. The number of carbonyl (C=O) groups is 3. The first-order valence-corrected chi connectivity index (χ1v) is 10.7. The molecule has 3 aromatic carbocycles. The van der Waals surface area contributed by atoms with Crippen molar-refractivity contribution in [3.05, 3.63) is 107 Å². The van der Waals surface area contributed by atoms with Gasteiger partial charge < -0.3 is 10.2 Å². The molecule has 0 unspecified atom stereocenters. The molecule has 5 rings (SSSR count). The van der Waals surface area contributed by atoms with Crippen LogP contribution in [0.3, 0.4) is 0 Å². The zero-order valence-corrected chi connectivity index (χ0v) is 17.5. The van der Waals surface area contributed by atoms with E-state index in [0.29, 0.717) is 24.2 Å². The number of rotatable bonds is 4. The lowest BCUT2D eigenvalue weighted by atomic mass is 9.82. The Kier molecular flexibility index (Phi) is 4.98. The number of imide groups is 1. The van der Waals surface area contributed by atoms with Gasteiger partial charge in [0, 0.05) is 13.1 Å². The quantitative estimate of drug-likeness (QED) is 0.653. The third-order valence-corrected chi connectivity index (χ3v) is 6.30. The van der Waals surface area contributed by atoms with Crippen molar-refractivity contribution in [2.24, 2.45) is 0 Å². The van der Waals surface area contributed by atoms with Gasteiger partial charge in [0.2, 0.25) is 5.91 Å². The molecule has 0 aliphatic carbocycles. The number of fused-ring (bicyclic) bond motifs is 1. The maximum Gasteiger partial charge on any atom is 0.326 e. The Hall–Kier alpha value is -3.93. The first kappa shape index (κ1) is 20.0. The monoisotopic (exact) mass is 425 g/mol. The molecule has 1 N–H and O–H groups in total. The van der Waals surface area contributed by atoms with Crippen molar-refractivity contribution in [3.63, 3.8) is 0 Å². The van der Waals surface area contributed by atoms with Gasteiger partial charge >= 0.3 is 6.03 Å². The Morgan fingerprint density at radius 2 is 1.38 bits per heavy atom. The molecule has 0 aromatic heterocycles. The third kappa shape index (κ3) is 3.24. The van der Waals surface area contributed by atoms with Crippen molar-refractivity contribution in [2.45, 2.75) is 18.5 Å². The molecule has 2 heterocycles. The summed E-state index contributed by atoms with van der Waals surface area (Å²) in [6.45, 7) is 0.775. The standard InChI is InChI=1S/C26H23N3O3/c30-23(28-16-15-19-9-7-8-10-20(19)17-28)18-29-24(31)26(27-25(29)32,21-11-3-1-4-12-21)22-13-5-2-6-14-22/h1-14H,15-18H2,(H,27,32). The van der Waals surface area contributed by atoms with Gasteiger partial charge in [-0.3, -0.25) is 14.5 Å². The van der Waals surface area contributed by atoms with E-state index in [4.69, 9.17) is 0 Å². The van der Waals surface area contributed by atoms with Crippen molar-refractivity contribution >= 4 is 17.8 Å². The van der Waals surface area contributed by atoms with Crippen LogP contribution in [0, 0.1) is 0 Å². The van der Waals surface area contributed by atoms with Gasteiger partial charge in [-0.15, -0.1) is 0 Å². The summed E-state index contributed by atoms with van der Waals surface area (Å²) in [4.78, 5) is 42.6. The summed E-state index contributed by atoms with van der Waals surface area (Å²) >= 11 is 0. The van der Waals surface area contributed by atoms with E-state index in [1.54, 1.807) is 4.90 Å². The van der Waals surface area contributed by atoms with Crippen LogP contribution in [-0.4, -0.2) is 40.7 Å². The van der Waals surface area contributed by atoms with Crippen LogP contribution in [0.4, 0.5) is 4.79 Å². The van der Waals surface area contributed by atoms with E-state index in [0.717, 1.165) is 16.9 Å². The Morgan fingerprint density at radius 3 is 2.00 bits per heavy atom. The molecule has 2 aliphatic rings. The van der Waals surface area contributed by atoms with Crippen LogP contribution in [0.5, 0.6) is 0 Å². The molecular weight excluding hydrogens is 402 g/mol. The molecule has 4 amide bonds. The van der Waals surface area contributed by atoms with E-state index in [-0.39, 0.29) is 12.5 Å². The number of nitrogens with zero attached hydrogens (tertiary/aromatic N) is 2.